The van der Waals surface area contributed by atoms with Crippen LogP contribution in [0.15, 0.2) is 84.9 Å². The number of ether oxygens (including phenoxy) is 14. The third-order valence-corrected chi connectivity index (χ3v) is 16.3. The van der Waals surface area contributed by atoms with E-state index in [1.165, 1.54) is 0 Å². The van der Waals surface area contributed by atoms with Crippen molar-refractivity contribution in [2.24, 2.45) is 0 Å². The molecule has 42 heteroatoms. The topological polar surface area (TPSA) is 651 Å². The van der Waals surface area contributed by atoms with Gasteiger partial charge in [-0.1, -0.05) is 0 Å². The fraction of sp³-hybridized carbons (Fsp3) is 0.273. The van der Waals surface area contributed by atoms with E-state index >= 15 is 0 Å². The Bertz CT molecular complexity index is 3930. The highest BCUT2D eigenvalue weighted by molar-refractivity contribution is 5.76. The van der Waals surface area contributed by atoms with Gasteiger partial charge in [0.05, 0.1) is 0 Å². The fourth-order valence-corrected chi connectivity index (χ4v) is 11.7. The lowest BCUT2D eigenvalue weighted by atomic mass is 9.93. The maximum Gasteiger partial charge on any atom is 0.341 e. The van der Waals surface area contributed by atoms with Crippen LogP contribution in [0.2, 0.25) is 0 Å². The first-order valence-electron chi connectivity index (χ1n) is 34.4. The molecule has 42 nitrogen and oxygen atoms in total. The summed E-state index contributed by atoms with van der Waals surface area (Å²) in [7, 11) is 0. The molecule has 14 N–H and O–H groups in total. The van der Waals surface area contributed by atoms with Gasteiger partial charge in [0.25, 0.3) is 0 Å². The lowest BCUT2D eigenvalue weighted by molar-refractivity contribution is -0.140. The predicted molar refractivity (Wildman–Crippen MR) is 389 cm³/mol. The predicted octanol–water partition coefficient (Wildman–Crippen LogP) is 3.62. The highest BCUT2D eigenvalue weighted by Gasteiger charge is 2.29. The molecule has 21 rings (SSSR count). The van der Waals surface area contributed by atoms with Gasteiger partial charge in [-0.05, 0) is 84.9 Å². The quantitative estimate of drug-likeness (QED) is 0.0260. The monoisotopic (exact) mass is 1670 g/mol. The molecule has 0 aliphatic heterocycles. The van der Waals surface area contributed by atoms with Crippen LogP contribution in [0.4, 0.5) is 0 Å². The molecule has 0 unspecified atom stereocenters. The molecule has 14 aliphatic carbocycles. The first-order valence-corrected chi connectivity index (χ1v) is 34.4. The summed E-state index contributed by atoms with van der Waals surface area (Å²) < 4.78 is 81.5. The minimum atomic E-state index is -1.60. The van der Waals surface area contributed by atoms with Crippen molar-refractivity contribution in [2.75, 3.05) is 92.5 Å². The van der Waals surface area contributed by atoms with Crippen molar-refractivity contribution < 1.29 is 205 Å². The van der Waals surface area contributed by atoms with Gasteiger partial charge >= 0.3 is 83.6 Å². The van der Waals surface area contributed by atoms with E-state index in [9.17, 15) is 139 Å². The third kappa shape index (κ3) is 27.3. The SMILES string of the molecule is O=C(O)COc1cc2c(OCC(=O)O)cc1Cc1cc(OCC(=O)O)c(cc1OCC(=O)O)Cc1cc(OCC(=O)O)c(cc1OCC(=O)O)Cc1cc(OCC(=O)O)c(cc1OCC(=O)O)Cc1cc(OCC(=O)O)c(cc1OCC(=O)O)Cc1cc(OCC(=O)O)c(cc1OCC(=O)O)Cc1cc(OCC(=O)O)c(cc1OCC(=O)O)C2. The molecule has 0 atom stereocenters. The summed E-state index contributed by atoms with van der Waals surface area (Å²) >= 11 is 0. The highest BCUT2D eigenvalue weighted by Crippen LogP contribution is 2.45. The Kier molecular flexibility index (Phi) is 30.9. The van der Waals surface area contributed by atoms with Gasteiger partial charge < -0.3 is 138 Å². The van der Waals surface area contributed by atoms with Crippen LogP contribution in [0.5, 0.6) is 80.5 Å². The van der Waals surface area contributed by atoms with Crippen LogP contribution in [0, 0.1) is 0 Å². The average molecular weight is 1670 g/mol. The largest absolute Gasteiger partial charge is 0.482 e. The summed E-state index contributed by atoms with van der Waals surface area (Å²) in [6.45, 7) is -16.1. The number of carboxylic acid groups (broad SMARTS) is 14. The maximum atomic E-state index is 12.4. The zero-order chi connectivity index (χ0) is 86.9. The molecule has 0 amide bonds. The molecule has 0 fully saturated rings. The minimum Gasteiger partial charge on any atom is -0.482 e. The van der Waals surface area contributed by atoms with Crippen molar-refractivity contribution in [1.29, 1.82) is 0 Å². The number of carboxylic acids is 14. The summed E-state index contributed by atoms with van der Waals surface area (Å²) in [5, 5.41) is 141. The number of benzene rings is 7. The molecule has 14 aliphatic rings. The van der Waals surface area contributed by atoms with Gasteiger partial charge in [-0.3, -0.25) is 0 Å². The van der Waals surface area contributed by atoms with E-state index in [2.05, 4.69) is 0 Å². The van der Waals surface area contributed by atoms with Gasteiger partial charge in [0.2, 0.25) is 0 Å². The van der Waals surface area contributed by atoms with Gasteiger partial charge in [-0.2, -0.15) is 0 Å². The van der Waals surface area contributed by atoms with Gasteiger partial charge in [0, 0.05) is 123 Å². The molecule has 14 bridgehead atoms. The summed E-state index contributed by atoms with van der Waals surface area (Å²) in [6, 6.07) is 15.7. The van der Waals surface area contributed by atoms with Crippen LogP contribution < -0.4 is 66.3 Å². The molecule has 0 aromatic heterocycles. The van der Waals surface area contributed by atoms with Crippen LogP contribution in [-0.2, 0) is 112 Å². The number of rotatable bonds is 42. The number of carbonyl (C=O) groups is 14. The van der Waals surface area contributed by atoms with E-state index in [-0.39, 0.29) is 77.9 Å². The second kappa shape index (κ2) is 41.4. The summed E-state index contributed by atoms with van der Waals surface area (Å²) in [4.78, 5) is 173. The first kappa shape index (κ1) is 88.9. The lowest BCUT2D eigenvalue weighted by Crippen LogP contribution is -2.16. The van der Waals surface area contributed by atoms with Crippen molar-refractivity contribution >= 4 is 83.6 Å². The Morgan fingerprint density at radius 1 is 0.143 bits per heavy atom. The van der Waals surface area contributed by atoms with Gasteiger partial charge in [0.1, 0.15) is 80.5 Å². The van der Waals surface area contributed by atoms with Gasteiger partial charge in [-0.25, -0.2) is 67.1 Å². The summed E-state index contributed by atoms with van der Waals surface area (Å²) in [5.74, 6) is -27.9. The number of hydrogen-bond donors (Lipinski definition) is 14. The Labute approximate surface area is 667 Å². The zero-order valence-electron chi connectivity index (χ0n) is 61.6. The second-order valence-corrected chi connectivity index (χ2v) is 25.3. The third-order valence-electron chi connectivity index (χ3n) is 16.3. The Hall–Kier alpha value is -15.7. The normalized spacial score (nSPS) is 11.5. The molecule has 119 heavy (non-hydrogen) atoms. The number of aliphatic carboxylic acids is 14. The van der Waals surface area contributed by atoms with E-state index in [1.54, 1.807) is 0 Å². The van der Waals surface area contributed by atoms with Gasteiger partial charge in [-0.15, -0.1) is 0 Å². The fourth-order valence-electron chi connectivity index (χ4n) is 11.7. The average Bonchev–Trinajstić information content (AvgIpc) is 0.845. The van der Waals surface area contributed by atoms with E-state index < -0.39 is 302 Å². The summed E-state index contributed by atoms with van der Waals surface area (Å²) in [5.41, 5.74) is -2.23. The molecule has 0 radical (unpaired) electrons. The van der Waals surface area contributed by atoms with Crippen LogP contribution in [0.3, 0.4) is 0 Å². The zero-order valence-corrected chi connectivity index (χ0v) is 61.6. The molecule has 0 spiro atoms. The molecule has 7 aromatic rings. The first-order chi connectivity index (χ1) is 56.4. The van der Waals surface area contributed by atoms with E-state index in [4.69, 9.17) is 66.3 Å². The molecule has 0 saturated carbocycles. The van der Waals surface area contributed by atoms with E-state index in [0.717, 1.165) is 84.9 Å². The Morgan fingerprint density at radius 2 is 0.202 bits per heavy atom. The van der Waals surface area contributed by atoms with Crippen molar-refractivity contribution in [2.45, 2.75) is 44.9 Å². The molecular formula is C77H70O42. The molecular weight excluding hydrogens is 1600 g/mol. The Balaban J connectivity index is 1.54. The van der Waals surface area contributed by atoms with E-state index in [1.807, 2.05) is 0 Å². The van der Waals surface area contributed by atoms with Crippen LogP contribution >= 0.6 is 0 Å². The van der Waals surface area contributed by atoms with E-state index in [0.29, 0.717) is 0 Å². The van der Waals surface area contributed by atoms with Crippen molar-refractivity contribution in [3.63, 3.8) is 0 Å². The standard InChI is InChI=1S/C77H70O42/c78-64(79)22-106-50-10-38-2-40-12-56(112-28-70(90)91)42(14-54(40)110-26-68(86)87)4-44-16-60(116-32-74(98)99)46(18-58(44)114-30-72(94)95)6-48-20-63(119-35-77(104)105)49(21-62(48)118-34-76(102)103)7-47-19-59(115-31-73(96)97)45(17-61(47)117-33-75(100)101)5-43-15-55(111-27-69(88)89)41(13-57(43)113-29-71(92)93)3-39-11-51(107-23-65(80)81)37(9-53(39)109-25-67(84)85)1-36(50)8-52(38)108-24-66(82)83/h8-21H,1-7,22-35H2,(H,78,79)(H,80,81)(H,82,83)(H,84,85)(H,86,87)(H,88,89)(H,90,91)(H,92,93)(H,94,95)(H,96,97)(H,98,99)(H,100,101)(H,102,103)(H,104,105). The number of hydrogen-bond acceptors (Lipinski definition) is 28. The Morgan fingerprint density at radius 3 is 0.252 bits per heavy atom. The molecule has 630 valence electrons. The van der Waals surface area contributed by atoms with Crippen LogP contribution in [-0.4, -0.2) is 248 Å². The molecule has 7 aromatic carbocycles. The summed E-state index contributed by atoms with van der Waals surface area (Å²) in [6.07, 6.45) is -4.36. The molecule has 0 saturated heterocycles. The van der Waals surface area contributed by atoms with Crippen molar-refractivity contribution in [3.8, 4) is 80.5 Å². The van der Waals surface area contributed by atoms with Crippen LogP contribution in [0.1, 0.15) is 77.9 Å². The highest BCUT2D eigenvalue weighted by atomic mass is 16.6. The molecule has 0 heterocycles. The maximum absolute atomic E-state index is 12.4. The van der Waals surface area contributed by atoms with Crippen molar-refractivity contribution in [1.82, 2.24) is 0 Å². The van der Waals surface area contributed by atoms with Gasteiger partial charge in [0.15, 0.2) is 92.5 Å². The minimum absolute atomic E-state index is 0.159. The van der Waals surface area contributed by atoms with Crippen LogP contribution in [0.25, 0.3) is 0 Å². The lowest BCUT2D eigenvalue weighted by Gasteiger charge is -2.22. The second-order valence-electron chi connectivity index (χ2n) is 25.3. The smallest absolute Gasteiger partial charge is 0.341 e. The van der Waals surface area contributed by atoms with Crippen molar-refractivity contribution in [3.05, 3.63) is 163 Å².